The summed E-state index contributed by atoms with van der Waals surface area (Å²) in [5.41, 5.74) is -0.517. The van der Waals surface area contributed by atoms with Crippen LogP contribution in [0.5, 0.6) is 0 Å². The molecule has 1 saturated carbocycles. The molecule has 1 aliphatic carbocycles. The average molecular weight is 283 g/mol. The van der Waals surface area contributed by atoms with Gasteiger partial charge < -0.3 is 9.47 Å². The SMILES string of the molecule is CC(C)(C)OC(=O)N1CCOCC1C1CCCCC1=O. The zero-order valence-electron chi connectivity index (χ0n) is 12.7. The minimum Gasteiger partial charge on any atom is -0.444 e. The van der Waals surface area contributed by atoms with Gasteiger partial charge in [-0.25, -0.2) is 4.79 Å². The van der Waals surface area contributed by atoms with Crippen LogP contribution < -0.4 is 0 Å². The third-order valence-corrected chi connectivity index (χ3v) is 3.86. The number of hydrogen-bond acceptors (Lipinski definition) is 4. The molecule has 5 heteroatoms. The van der Waals surface area contributed by atoms with Crippen LogP contribution in [-0.4, -0.2) is 48.2 Å². The van der Waals surface area contributed by atoms with Gasteiger partial charge in [-0.15, -0.1) is 0 Å². The summed E-state index contributed by atoms with van der Waals surface area (Å²) in [4.78, 5) is 26.1. The Kier molecular flexibility index (Phi) is 4.68. The van der Waals surface area contributed by atoms with E-state index in [0.29, 0.717) is 26.2 Å². The molecule has 1 saturated heterocycles. The van der Waals surface area contributed by atoms with Crippen LogP contribution in [0.25, 0.3) is 0 Å². The maximum atomic E-state index is 12.3. The fourth-order valence-electron chi connectivity index (χ4n) is 2.92. The molecule has 2 rings (SSSR count). The van der Waals surface area contributed by atoms with Crippen LogP contribution in [0, 0.1) is 5.92 Å². The minimum atomic E-state index is -0.517. The smallest absolute Gasteiger partial charge is 0.410 e. The van der Waals surface area contributed by atoms with Crippen LogP contribution in [0.4, 0.5) is 4.79 Å². The van der Waals surface area contributed by atoms with Gasteiger partial charge in [-0.2, -0.15) is 0 Å². The van der Waals surface area contributed by atoms with E-state index >= 15 is 0 Å². The van der Waals surface area contributed by atoms with Crippen molar-refractivity contribution in [3.05, 3.63) is 0 Å². The number of nitrogens with zero attached hydrogens (tertiary/aromatic N) is 1. The van der Waals surface area contributed by atoms with Crippen molar-refractivity contribution in [2.75, 3.05) is 19.8 Å². The van der Waals surface area contributed by atoms with E-state index in [1.165, 1.54) is 0 Å². The lowest BCUT2D eigenvalue weighted by Crippen LogP contribution is -2.55. The highest BCUT2D eigenvalue weighted by atomic mass is 16.6. The maximum absolute atomic E-state index is 12.3. The molecule has 114 valence electrons. The van der Waals surface area contributed by atoms with Gasteiger partial charge in [-0.1, -0.05) is 6.42 Å². The number of carbonyl (C=O) groups excluding carboxylic acids is 2. The van der Waals surface area contributed by atoms with Crippen LogP contribution in [0.15, 0.2) is 0 Å². The predicted octanol–water partition coefficient (Wildman–Crippen LogP) is 2.38. The Hall–Kier alpha value is -1.10. The molecule has 2 fully saturated rings. The Balaban J connectivity index is 2.08. The van der Waals surface area contributed by atoms with Crippen LogP contribution in [0.3, 0.4) is 0 Å². The Labute approximate surface area is 120 Å². The van der Waals surface area contributed by atoms with E-state index in [1.807, 2.05) is 20.8 Å². The fourth-order valence-corrected chi connectivity index (χ4v) is 2.92. The summed E-state index contributed by atoms with van der Waals surface area (Å²) in [6.45, 7) is 7.01. The second kappa shape index (κ2) is 6.12. The van der Waals surface area contributed by atoms with Crippen molar-refractivity contribution in [3.63, 3.8) is 0 Å². The predicted molar refractivity (Wildman–Crippen MR) is 74.5 cm³/mol. The molecule has 1 amide bonds. The monoisotopic (exact) mass is 283 g/mol. The average Bonchev–Trinajstić information content (AvgIpc) is 2.37. The van der Waals surface area contributed by atoms with E-state index in [4.69, 9.17) is 9.47 Å². The first-order valence-electron chi connectivity index (χ1n) is 7.48. The van der Waals surface area contributed by atoms with Crippen LogP contribution in [0.1, 0.15) is 46.5 Å². The third kappa shape index (κ3) is 3.72. The molecule has 0 N–H and O–H groups in total. The van der Waals surface area contributed by atoms with E-state index in [-0.39, 0.29) is 23.8 Å². The maximum Gasteiger partial charge on any atom is 0.410 e. The minimum absolute atomic E-state index is 0.0865. The van der Waals surface area contributed by atoms with Gasteiger partial charge in [0.1, 0.15) is 11.4 Å². The first-order chi connectivity index (χ1) is 9.38. The molecule has 0 radical (unpaired) electrons. The lowest BCUT2D eigenvalue weighted by atomic mass is 9.82. The van der Waals surface area contributed by atoms with E-state index < -0.39 is 5.60 Å². The number of Topliss-reactive ketones (excluding diaryl/α,β-unsaturated/α-hetero) is 1. The largest absolute Gasteiger partial charge is 0.444 e. The van der Waals surface area contributed by atoms with Gasteiger partial charge in [0.05, 0.1) is 19.3 Å². The fraction of sp³-hybridized carbons (Fsp3) is 0.867. The number of rotatable bonds is 1. The number of hydrogen-bond donors (Lipinski definition) is 0. The van der Waals surface area contributed by atoms with Gasteiger partial charge in [0.2, 0.25) is 0 Å². The van der Waals surface area contributed by atoms with Gasteiger partial charge in [0, 0.05) is 18.9 Å². The lowest BCUT2D eigenvalue weighted by molar-refractivity contribution is -0.130. The van der Waals surface area contributed by atoms with Gasteiger partial charge in [0.15, 0.2) is 0 Å². The van der Waals surface area contributed by atoms with Gasteiger partial charge in [-0.05, 0) is 33.6 Å². The highest BCUT2D eigenvalue weighted by molar-refractivity contribution is 5.83. The number of morpholine rings is 1. The Morgan fingerprint density at radius 3 is 2.75 bits per heavy atom. The second-order valence-corrected chi connectivity index (χ2v) is 6.63. The molecule has 1 aliphatic heterocycles. The summed E-state index contributed by atoms with van der Waals surface area (Å²) < 4.78 is 10.9. The number of carbonyl (C=O) groups is 2. The summed E-state index contributed by atoms with van der Waals surface area (Å²) in [5, 5.41) is 0. The summed E-state index contributed by atoms with van der Waals surface area (Å²) >= 11 is 0. The Morgan fingerprint density at radius 2 is 2.10 bits per heavy atom. The molecule has 1 heterocycles. The molecular formula is C15H25NO4. The van der Waals surface area contributed by atoms with Crippen molar-refractivity contribution in [3.8, 4) is 0 Å². The van der Waals surface area contributed by atoms with Crippen molar-refractivity contribution in [1.29, 1.82) is 0 Å². The van der Waals surface area contributed by atoms with Crippen molar-refractivity contribution >= 4 is 11.9 Å². The summed E-state index contributed by atoms with van der Waals surface area (Å²) in [6, 6.07) is -0.161. The number of ketones is 1. The lowest BCUT2D eigenvalue weighted by Gasteiger charge is -2.41. The van der Waals surface area contributed by atoms with Crippen LogP contribution in [0.2, 0.25) is 0 Å². The zero-order chi connectivity index (χ0) is 14.8. The normalized spacial score (nSPS) is 28.4. The van der Waals surface area contributed by atoms with E-state index in [0.717, 1.165) is 19.3 Å². The third-order valence-electron chi connectivity index (χ3n) is 3.86. The van der Waals surface area contributed by atoms with Crippen molar-refractivity contribution < 1.29 is 19.1 Å². The Morgan fingerprint density at radius 1 is 1.35 bits per heavy atom. The van der Waals surface area contributed by atoms with Crippen LogP contribution >= 0.6 is 0 Å². The molecule has 2 atom stereocenters. The molecule has 0 aromatic rings. The standard InChI is InChI=1S/C15H25NO4/c1-15(2,3)20-14(18)16-8-9-19-10-12(16)11-6-4-5-7-13(11)17/h11-12H,4-10H2,1-3H3. The molecule has 2 aliphatic rings. The topological polar surface area (TPSA) is 55.8 Å². The highest BCUT2D eigenvalue weighted by Crippen LogP contribution is 2.29. The van der Waals surface area contributed by atoms with Crippen molar-refractivity contribution in [2.24, 2.45) is 5.92 Å². The molecule has 20 heavy (non-hydrogen) atoms. The molecule has 0 aromatic carbocycles. The highest BCUT2D eigenvalue weighted by Gasteiger charge is 2.39. The van der Waals surface area contributed by atoms with E-state index in [2.05, 4.69) is 0 Å². The molecule has 2 unspecified atom stereocenters. The molecular weight excluding hydrogens is 258 g/mol. The van der Waals surface area contributed by atoms with Gasteiger partial charge in [0.25, 0.3) is 0 Å². The summed E-state index contributed by atoms with van der Waals surface area (Å²) in [5.74, 6) is 0.178. The number of amides is 1. The Bertz CT molecular complexity index is 375. The molecule has 0 spiro atoms. The molecule has 5 nitrogen and oxygen atoms in total. The molecule has 0 bridgehead atoms. The van der Waals surface area contributed by atoms with Gasteiger partial charge >= 0.3 is 6.09 Å². The van der Waals surface area contributed by atoms with Crippen molar-refractivity contribution in [1.82, 2.24) is 4.90 Å². The quantitative estimate of drug-likeness (QED) is 0.741. The molecule has 0 aromatic heterocycles. The second-order valence-electron chi connectivity index (χ2n) is 6.63. The first kappa shape index (κ1) is 15.3. The van der Waals surface area contributed by atoms with E-state index in [9.17, 15) is 9.59 Å². The van der Waals surface area contributed by atoms with Crippen LogP contribution in [-0.2, 0) is 14.3 Å². The summed E-state index contributed by atoms with van der Waals surface area (Å²) in [7, 11) is 0. The zero-order valence-corrected chi connectivity index (χ0v) is 12.7. The number of ether oxygens (including phenoxy) is 2. The first-order valence-corrected chi connectivity index (χ1v) is 7.48. The van der Waals surface area contributed by atoms with Gasteiger partial charge in [-0.3, -0.25) is 9.69 Å². The summed E-state index contributed by atoms with van der Waals surface area (Å²) in [6.07, 6.45) is 3.17. The van der Waals surface area contributed by atoms with E-state index in [1.54, 1.807) is 4.90 Å². The van der Waals surface area contributed by atoms with Crippen molar-refractivity contribution in [2.45, 2.75) is 58.1 Å².